The Morgan fingerprint density at radius 2 is 2.08 bits per heavy atom. The highest BCUT2D eigenvalue weighted by atomic mass is 16.5. The zero-order valence-corrected chi connectivity index (χ0v) is 15.4. The minimum atomic E-state index is -0.0918. The van der Waals surface area contributed by atoms with Crippen molar-refractivity contribution in [3.63, 3.8) is 0 Å². The smallest absolute Gasteiger partial charge is 0.274 e. The van der Waals surface area contributed by atoms with E-state index < -0.39 is 0 Å². The van der Waals surface area contributed by atoms with Crippen LogP contribution in [0.15, 0.2) is 36.5 Å². The highest BCUT2D eigenvalue weighted by Crippen LogP contribution is 2.17. The van der Waals surface area contributed by atoms with Crippen molar-refractivity contribution in [2.75, 3.05) is 40.4 Å². The first-order valence-electron chi connectivity index (χ1n) is 8.95. The summed E-state index contributed by atoms with van der Waals surface area (Å²) in [5.41, 5.74) is 0.475. The Balaban J connectivity index is 1.48. The van der Waals surface area contributed by atoms with Gasteiger partial charge in [-0.25, -0.2) is 0 Å². The number of amides is 1. The summed E-state index contributed by atoms with van der Waals surface area (Å²) in [7, 11) is 3.39. The molecule has 0 radical (unpaired) electrons. The third-order valence-corrected chi connectivity index (χ3v) is 4.57. The van der Waals surface area contributed by atoms with Gasteiger partial charge >= 0.3 is 0 Å². The number of aromatic nitrogens is 2. The average molecular weight is 358 g/mol. The topological polar surface area (TPSA) is 68.6 Å². The number of likely N-dealkylation sites (N-methyl/N-ethyl adjacent to an activating group) is 1. The Kier molecular flexibility index (Phi) is 6.12. The van der Waals surface area contributed by atoms with Gasteiger partial charge in [-0.15, -0.1) is 0 Å². The molecule has 1 fully saturated rings. The Morgan fingerprint density at radius 1 is 1.31 bits per heavy atom. The molecule has 0 bridgehead atoms. The van der Waals surface area contributed by atoms with E-state index in [1.807, 2.05) is 35.1 Å². The van der Waals surface area contributed by atoms with Crippen molar-refractivity contribution in [1.82, 2.24) is 20.0 Å². The maximum atomic E-state index is 12.5. The van der Waals surface area contributed by atoms with E-state index in [2.05, 4.69) is 10.4 Å². The fourth-order valence-electron chi connectivity index (χ4n) is 2.98. The Bertz CT molecular complexity index is 708. The number of nitrogens with zero attached hydrogens (tertiary/aromatic N) is 3. The number of methoxy groups -OCH3 is 1. The third-order valence-electron chi connectivity index (χ3n) is 4.57. The molecule has 1 aromatic heterocycles. The van der Waals surface area contributed by atoms with Gasteiger partial charge in [0, 0.05) is 19.8 Å². The number of benzene rings is 1. The van der Waals surface area contributed by atoms with Gasteiger partial charge in [0.05, 0.1) is 19.7 Å². The molecule has 1 N–H and O–H groups in total. The predicted octanol–water partition coefficient (Wildman–Crippen LogP) is 1.97. The molecule has 7 heteroatoms. The van der Waals surface area contributed by atoms with Crippen LogP contribution in [-0.2, 0) is 0 Å². The molecule has 2 aromatic rings. The summed E-state index contributed by atoms with van der Waals surface area (Å²) in [5.74, 6) is 1.44. The van der Waals surface area contributed by atoms with Crippen LogP contribution in [0, 0.1) is 0 Å². The first-order valence-corrected chi connectivity index (χ1v) is 8.95. The molecule has 1 aliphatic heterocycles. The van der Waals surface area contributed by atoms with Crippen LogP contribution in [0.25, 0.3) is 0 Å². The minimum absolute atomic E-state index is 0.0918. The van der Waals surface area contributed by atoms with E-state index in [-0.39, 0.29) is 5.91 Å². The summed E-state index contributed by atoms with van der Waals surface area (Å²) in [5, 5.41) is 7.84. The number of hydrogen-bond donors (Lipinski definition) is 1. The fraction of sp³-hybridized carbons (Fsp3) is 0.474. The summed E-state index contributed by atoms with van der Waals surface area (Å²) in [6, 6.07) is 9.50. The van der Waals surface area contributed by atoms with Crippen LogP contribution in [-0.4, -0.2) is 61.0 Å². The van der Waals surface area contributed by atoms with Crippen molar-refractivity contribution < 1.29 is 14.3 Å². The molecule has 26 heavy (non-hydrogen) atoms. The van der Waals surface area contributed by atoms with E-state index in [0.717, 1.165) is 37.4 Å². The number of ether oxygens (including phenoxy) is 2. The summed E-state index contributed by atoms with van der Waals surface area (Å²) in [6.07, 6.45) is 4.12. The summed E-state index contributed by atoms with van der Waals surface area (Å²) in [4.78, 5) is 14.2. The highest BCUT2D eigenvalue weighted by molar-refractivity contribution is 5.92. The predicted molar refractivity (Wildman–Crippen MR) is 98.8 cm³/mol. The van der Waals surface area contributed by atoms with Crippen LogP contribution >= 0.6 is 0 Å². The van der Waals surface area contributed by atoms with Gasteiger partial charge in [0.25, 0.3) is 5.91 Å². The molecule has 0 spiro atoms. The number of nitrogens with one attached hydrogen (secondary N) is 1. The maximum absolute atomic E-state index is 12.5. The first kappa shape index (κ1) is 18.3. The molecular weight excluding hydrogens is 332 g/mol. The average Bonchev–Trinajstić information content (AvgIpc) is 3.18. The molecule has 1 aliphatic rings. The quantitative estimate of drug-likeness (QED) is 0.820. The molecule has 7 nitrogen and oxygen atoms in total. The largest absolute Gasteiger partial charge is 0.497 e. The Hall–Kier alpha value is -2.54. The van der Waals surface area contributed by atoms with E-state index in [1.165, 1.54) is 0 Å². The molecule has 3 rings (SSSR count). The molecule has 1 saturated heterocycles. The van der Waals surface area contributed by atoms with Gasteiger partial charge < -0.3 is 19.7 Å². The highest BCUT2D eigenvalue weighted by Gasteiger charge is 2.19. The normalized spacial score (nSPS) is 16.9. The van der Waals surface area contributed by atoms with Gasteiger partial charge in [-0.05, 0) is 49.7 Å². The van der Waals surface area contributed by atoms with Crippen molar-refractivity contribution in [3.05, 3.63) is 42.2 Å². The van der Waals surface area contributed by atoms with E-state index in [9.17, 15) is 4.79 Å². The number of rotatable bonds is 7. The van der Waals surface area contributed by atoms with Crippen molar-refractivity contribution in [2.24, 2.45) is 0 Å². The molecule has 2 heterocycles. The van der Waals surface area contributed by atoms with Crippen LogP contribution in [0.1, 0.15) is 29.4 Å². The van der Waals surface area contributed by atoms with Crippen molar-refractivity contribution >= 4 is 5.91 Å². The van der Waals surface area contributed by atoms with Gasteiger partial charge in [0.1, 0.15) is 23.8 Å². The number of hydrogen-bond acceptors (Lipinski definition) is 5. The van der Waals surface area contributed by atoms with Crippen molar-refractivity contribution in [3.8, 4) is 11.5 Å². The monoisotopic (exact) mass is 358 g/mol. The van der Waals surface area contributed by atoms with E-state index in [1.54, 1.807) is 25.1 Å². The van der Waals surface area contributed by atoms with Gasteiger partial charge in [-0.3, -0.25) is 9.48 Å². The lowest BCUT2D eigenvalue weighted by Gasteiger charge is -2.23. The van der Waals surface area contributed by atoms with E-state index in [4.69, 9.17) is 9.47 Å². The van der Waals surface area contributed by atoms with Crippen molar-refractivity contribution in [1.29, 1.82) is 0 Å². The number of carbonyl (C=O) groups excluding carboxylic acids is 1. The van der Waals surface area contributed by atoms with Crippen LogP contribution in [0.2, 0.25) is 0 Å². The van der Waals surface area contributed by atoms with Gasteiger partial charge in [0.2, 0.25) is 0 Å². The minimum Gasteiger partial charge on any atom is -0.497 e. The number of piperidine rings is 1. The summed E-state index contributed by atoms with van der Waals surface area (Å²) < 4.78 is 12.7. The molecule has 0 aliphatic carbocycles. The zero-order valence-electron chi connectivity index (χ0n) is 15.4. The van der Waals surface area contributed by atoms with E-state index in [0.29, 0.717) is 24.9 Å². The molecule has 0 saturated carbocycles. The fourth-order valence-corrected chi connectivity index (χ4v) is 2.98. The lowest BCUT2D eigenvalue weighted by molar-refractivity contribution is 0.0766. The van der Waals surface area contributed by atoms with Crippen LogP contribution in [0.4, 0.5) is 0 Å². The second-order valence-electron chi connectivity index (χ2n) is 6.43. The SMILES string of the molecule is COc1ccc(OCCN(C)C(=O)c2ccn(C3CCCNC3)n2)cc1. The van der Waals surface area contributed by atoms with Gasteiger partial charge in [-0.1, -0.05) is 0 Å². The second-order valence-corrected chi connectivity index (χ2v) is 6.43. The van der Waals surface area contributed by atoms with Crippen molar-refractivity contribution in [2.45, 2.75) is 18.9 Å². The van der Waals surface area contributed by atoms with E-state index >= 15 is 0 Å². The maximum Gasteiger partial charge on any atom is 0.274 e. The molecule has 140 valence electrons. The lowest BCUT2D eigenvalue weighted by Crippen LogP contribution is -2.33. The zero-order chi connectivity index (χ0) is 18.4. The molecule has 1 atom stereocenters. The number of carbonyl (C=O) groups is 1. The first-order chi connectivity index (χ1) is 12.7. The molecule has 1 aromatic carbocycles. The Morgan fingerprint density at radius 3 is 2.77 bits per heavy atom. The van der Waals surface area contributed by atoms with Gasteiger partial charge in [0.15, 0.2) is 0 Å². The lowest BCUT2D eigenvalue weighted by atomic mass is 10.1. The second kappa shape index (κ2) is 8.71. The van der Waals surface area contributed by atoms with Gasteiger partial charge in [-0.2, -0.15) is 5.10 Å². The Labute approximate surface area is 153 Å². The standard InChI is InChI=1S/C19H26N4O3/c1-22(12-13-26-17-7-5-16(25-2)6-8-17)19(24)18-9-11-23(21-18)15-4-3-10-20-14-15/h5-9,11,15,20H,3-4,10,12-14H2,1-2H3. The summed E-state index contributed by atoms with van der Waals surface area (Å²) >= 11 is 0. The third kappa shape index (κ3) is 4.54. The van der Waals surface area contributed by atoms with Crippen LogP contribution < -0.4 is 14.8 Å². The summed E-state index contributed by atoms with van der Waals surface area (Å²) in [6.45, 7) is 2.87. The van der Waals surface area contributed by atoms with Crippen LogP contribution in [0.3, 0.4) is 0 Å². The molecular formula is C19H26N4O3. The molecule has 1 amide bonds. The van der Waals surface area contributed by atoms with Crippen LogP contribution in [0.5, 0.6) is 11.5 Å². The molecule has 1 unspecified atom stereocenters.